The molecule has 0 bridgehead atoms. The molecule has 2 aliphatic rings. The molecular weight excluding hydrogens is 394 g/mol. The molecule has 2 aromatic rings. The number of halogens is 3. The van der Waals surface area contributed by atoms with Crippen LogP contribution < -0.4 is 0 Å². The van der Waals surface area contributed by atoms with E-state index >= 15 is 0 Å². The van der Waals surface area contributed by atoms with Crippen LogP contribution in [-0.2, 0) is 16.8 Å². The summed E-state index contributed by atoms with van der Waals surface area (Å²) < 4.78 is 36.9. The number of hydrogen-bond donors (Lipinski definition) is 1. The van der Waals surface area contributed by atoms with Crippen LogP contribution >= 0.6 is 15.9 Å². The molecule has 0 amide bonds. The number of ether oxygens (including phenoxy) is 1. The van der Waals surface area contributed by atoms with Crippen LogP contribution in [0.3, 0.4) is 0 Å². The van der Waals surface area contributed by atoms with Gasteiger partial charge < -0.3 is 9.84 Å². The lowest BCUT2D eigenvalue weighted by molar-refractivity contribution is -0.169. The molecule has 25 heavy (non-hydrogen) atoms. The standard InChI is InChI=1S/C18H19BrF2N2O2/c1-2-17(24)15-11(6-7-18(17,20)21)9-13-12(16(15)19)10-22-23(13)14-5-3-4-8-25-14/h2,9-10,14,24H,1,3-8H2. The minimum atomic E-state index is -3.26. The lowest BCUT2D eigenvalue weighted by atomic mass is 9.76. The molecule has 1 aliphatic heterocycles. The van der Waals surface area contributed by atoms with Crippen LogP contribution in [0.25, 0.3) is 10.9 Å². The van der Waals surface area contributed by atoms with Crippen LogP contribution in [0.2, 0.25) is 0 Å². The quantitative estimate of drug-likeness (QED) is 0.740. The highest BCUT2D eigenvalue weighted by Gasteiger charge is 2.56. The Balaban J connectivity index is 1.92. The third kappa shape index (κ3) is 2.39. The van der Waals surface area contributed by atoms with E-state index in [-0.39, 0.29) is 18.2 Å². The summed E-state index contributed by atoms with van der Waals surface area (Å²) in [5.74, 6) is -3.26. The maximum absolute atomic E-state index is 14.4. The predicted molar refractivity (Wildman–Crippen MR) is 93.6 cm³/mol. The summed E-state index contributed by atoms with van der Waals surface area (Å²) >= 11 is 3.44. The van der Waals surface area contributed by atoms with Crippen LogP contribution in [0.5, 0.6) is 0 Å². The summed E-state index contributed by atoms with van der Waals surface area (Å²) in [7, 11) is 0. The summed E-state index contributed by atoms with van der Waals surface area (Å²) in [4.78, 5) is 0. The molecule has 4 rings (SSSR count). The largest absolute Gasteiger partial charge is 0.375 e. The van der Waals surface area contributed by atoms with E-state index < -0.39 is 17.9 Å². The van der Waals surface area contributed by atoms with Crippen molar-refractivity contribution >= 4 is 26.8 Å². The number of nitrogens with zero attached hydrogens (tertiary/aromatic N) is 2. The van der Waals surface area contributed by atoms with Crippen molar-refractivity contribution in [2.45, 2.75) is 49.9 Å². The molecule has 2 atom stereocenters. The second-order valence-electron chi connectivity index (χ2n) is 6.74. The first-order valence-corrected chi connectivity index (χ1v) is 9.23. The van der Waals surface area contributed by atoms with Gasteiger partial charge in [0.1, 0.15) is 0 Å². The van der Waals surface area contributed by atoms with Crippen molar-refractivity contribution in [2.75, 3.05) is 6.61 Å². The van der Waals surface area contributed by atoms with Gasteiger partial charge in [-0.05, 0) is 59.3 Å². The summed E-state index contributed by atoms with van der Waals surface area (Å²) in [6, 6.07) is 1.85. The van der Waals surface area contributed by atoms with Crippen molar-refractivity contribution in [3.8, 4) is 0 Å². The Bertz CT molecular complexity index is 845. The first-order chi connectivity index (χ1) is 11.9. The van der Waals surface area contributed by atoms with Gasteiger partial charge in [-0.15, -0.1) is 0 Å². The molecule has 7 heteroatoms. The normalized spacial score (nSPS) is 28.7. The first-order valence-electron chi connectivity index (χ1n) is 8.43. The van der Waals surface area contributed by atoms with Crippen molar-refractivity contribution in [3.05, 3.63) is 40.5 Å². The average Bonchev–Trinajstić information content (AvgIpc) is 3.03. The highest BCUT2D eigenvalue weighted by Crippen LogP contribution is 2.51. The summed E-state index contributed by atoms with van der Waals surface area (Å²) in [5, 5.41) is 15.8. The fourth-order valence-electron chi connectivity index (χ4n) is 3.87. The Kier molecular flexibility index (Phi) is 4.01. The number of benzene rings is 1. The van der Waals surface area contributed by atoms with Gasteiger partial charge >= 0.3 is 0 Å². The van der Waals surface area contributed by atoms with Gasteiger partial charge in [-0.2, -0.15) is 5.10 Å². The van der Waals surface area contributed by atoms with Crippen LogP contribution in [-0.4, -0.2) is 27.4 Å². The molecule has 1 aromatic heterocycles. The number of alkyl halides is 2. The molecule has 2 heterocycles. The van der Waals surface area contributed by atoms with Gasteiger partial charge in [0.05, 0.1) is 11.7 Å². The molecule has 1 aliphatic carbocycles. The molecular formula is C18H19BrF2N2O2. The smallest absolute Gasteiger partial charge is 0.284 e. The molecule has 1 aromatic carbocycles. The first kappa shape index (κ1) is 17.1. The molecule has 2 unspecified atom stereocenters. The number of aryl methyl sites for hydroxylation is 1. The van der Waals surface area contributed by atoms with E-state index in [2.05, 4.69) is 27.6 Å². The van der Waals surface area contributed by atoms with Gasteiger partial charge in [0.15, 0.2) is 11.8 Å². The van der Waals surface area contributed by atoms with Crippen molar-refractivity contribution in [3.63, 3.8) is 0 Å². The minimum Gasteiger partial charge on any atom is -0.375 e. The lowest BCUT2D eigenvalue weighted by Crippen LogP contribution is -2.47. The number of hydrogen-bond acceptors (Lipinski definition) is 3. The molecule has 1 fully saturated rings. The molecule has 1 saturated heterocycles. The van der Waals surface area contributed by atoms with Crippen LogP contribution in [0.4, 0.5) is 8.78 Å². The van der Waals surface area contributed by atoms with Crippen molar-refractivity contribution < 1.29 is 18.6 Å². The molecule has 4 nitrogen and oxygen atoms in total. The number of fused-ring (bicyclic) bond motifs is 2. The van der Waals surface area contributed by atoms with Gasteiger partial charge in [0.2, 0.25) is 0 Å². The topological polar surface area (TPSA) is 47.3 Å². The highest BCUT2D eigenvalue weighted by molar-refractivity contribution is 9.10. The third-order valence-corrected chi connectivity index (χ3v) is 6.12. The molecule has 134 valence electrons. The maximum atomic E-state index is 14.4. The molecule has 0 saturated carbocycles. The van der Waals surface area contributed by atoms with Gasteiger partial charge in [0.25, 0.3) is 5.92 Å². The Hall–Kier alpha value is -1.31. The average molecular weight is 413 g/mol. The second kappa shape index (κ2) is 5.86. The monoisotopic (exact) mass is 412 g/mol. The summed E-state index contributed by atoms with van der Waals surface area (Å²) in [5.41, 5.74) is -0.688. The van der Waals surface area contributed by atoms with E-state index in [1.54, 1.807) is 6.20 Å². The van der Waals surface area contributed by atoms with E-state index in [0.29, 0.717) is 22.0 Å². The van der Waals surface area contributed by atoms with E-state index in [4.69, 9.17) is 4.74 Å². The van der Waals surface area contributed by atoms with Crippen LogP contribution in [0, 0.1) is 0 Å². The second-order valence-corrected chi connectivity index (χ2v) is 7.54. The fourth-order valence-corrected chi connectivity index (χ4v) is 4.73. The Morgan fingerprint density at radius 2 is 2.24 bits per heavy atom. The van der Waals surface area contributed by atoms with Gasteiger partial charge in [-0.1, -0.05) is 6.58 Å². The van der Waals surface area contributed by atoms with Crippen molar-refractivity contribution in [2.24, 2.45) is 0 Å². The van der Waals surface area contributed by atoms with Crippen molar-refractivity contribution in [1.29, 1.82) is 0 Å². The van der Waals surface area contributed by atoms with E-state index in [0.717, 1.165) is 30.9 Å². The lowest BCUT2D eigenvalue weighted by Gasteiger charge is -2.39. The zero-order valence-electron chi connectivity index (χ0n) is 13.6. The predicted octanol–water partition coefficient (Wildman–Crippen LogP) is 4.45. The molecule has 0 spiro atoms. The SMILES string of the molecule is C=CC1(O)c2c(cc3c(cnn3C3CCCCO3)c2Br)CCC1(F)F. The van der Waals surface area contributed by atoms with Crippen LogP contribution in [0.15, 0.2) is 29.4 Å². The molecule has 0 radical (unpaired) electrons. The maximum Gasteiger partial charge on any atom is 0.284 e. The van der Waals surface area contributed by atoms with Gasteiger partial charge in [-0.25, -0.2) is 13.5 Å². The molecule has 1 N–H and O–H groups in total. The third-order valence-electron chi connectivity index (χ3n) is 5.29. The summed E-state index contributed by atoms with van der Waals surface area (Å²) in [6.45, 7) is 4.15. The zero-order valence-corrected chi connectivity index (χ0v) is 15.2. The van der Waals surface area contributed by atoms with E-state index in [1.807, 2.05) is 10.7 Å². The van der Waals surface area contributed by atoms with E-state index in [9.17, 15) is 13.9 Å². The van der Waals surface area contributed by atoms with E-state index in [1.165, 1.54) is 0 Å². The fraction of sp³-hybridized carbons (Fsp3) is 0.500. The highest BCUT2D eigenvalue weighted by atomic mass is 79.9. The Labute approximate surface area is 152 Å². The number of aliphatic hydroxyl groups is 1. The number of rotatable bonds is 2. The summed E-state index contributed by atoms with van der Waals surface area (Å²) in [6.07, 6.45) is 5.18. The Morgan fingerprint density at radius 3 is 2.92 bits per heavy atom. The zero-order chi connectivity index (χ0) is 17.8. The Morgan fingerprint density at radius 1 is 1.44 bits per heavy atom. The van der Waals surface area contributed by atoms with Crippen LogP contribution in [0.1, 0.15) is 43.0 Å². The van der Waals surface area contributed by atoms with Crippen molar-refractivity contribution in [1.82, 2.24) is 9.78 Å². The van der Waals surface area contributed by atoms with Gasteiger partial charge in [-0.3, -0.25) is 0 Å². The van der Waals surface area contributed by atoms with Gasteiger partial charge in [0, 0.05) is 28.5 Å². The number of aromatic nitrogens is 2. The minimum absolute atomic E-state index is 0.139.